The molecule has 3 aromatic rings. The van der Waals surface area contributed by atoms with E-state index in [2.05, 4.69) is 42.3 Å². The fourth-order valence-electron chi connectivity index (χ4n) is 3.06. The van der Waals surface area contributed by atoms with Gasteiger partial charge in [0, 0.05) is 30.1 Å². The molecule has 0 radical (unpaired) electrons. The van der Waals surface area contributed by atoms with E-state index in [4.69, 9.17) is 4.74 Å². The summed E-state index contributed by atoms with van der Waals surface area (Å²) in [4.78, 5) is 16.4. The van der Waals surface area contributed by atoms with Gasteiger partial charge in [-0.3, -0.25) is 9.78 Å². The normalized spacial score (nSPS) is 10.5. The van der Waals surface area contributed by atoms with E-state index in [0.29, 0.717) is 18.7 Å². The first-order valence-corrected chi connectivity index (χ1v) is 9.58. The number of rotatable bonds is 8. The maximum atomic E-state index is 12.3. The summed E-state index contributed by atoms with van der Waals surface area (Å²) in [6.45, 7) is 5.36. The van der Waals surface area contributed by atoms with Crippen LogP contribution in [0.5, 0.6) is 5.75 Å². The molecule has 2 aromatic carbocycles. The van der Waals surface area contributed by atoms with E-state index in [1.807, 2.05) is 24.3 Å². The second kappa shape index (κ2) is 9.70. The van der Waals surface area contributed by atoms with E-state index in [9.17, 15) is 4.79 Å². The zero-order valence-corrected chi connectivity index (χ0v) is 16.4. The zero-order valence-electron chi connectivity index (χ0n) is 16.4. The average molecular weight is 374 g/mol. The molecule has 1 N–H and O–H groups in total. The highest BCUT2D eigenvalue weighted by Gasteiger charge is 2.06. The summed E-state index contributed by atoms with van der Waals surface area (Å²) >= 11 is 0. The van der Waals surface area contributed by atoms with Crippen LogP contribution in [0, 0.1) is 13.8 Å². The molecule has 3 rings (SSSR count). The lowest BCUT2D eigenvalue weighted by molar-refractivity contribution is 0.0953. The van der Waals surface area contributed by atoms with E-state index in [1.165, 1.54) is 16.7 Å². The number of pyridine rings is 1. The number of aromatic nitrogens is 1. The van der Waals surface area contributed by atoms with Crippen molar-refractivity contribution in [2.24, 2.45) is 0 Å². The first kappa shape index (κ1) is 19.6. The Balaban J connectivity index is 1.43. The van der Waals surface area contributed by atoms with Gasteiger partial charge in [-0.2, -0.15) is 0 Å². The van der Waals surface area contributed by atoms with Gasteiger partial charge in [-0.25, -0.2) is 0 Å². The minimum atomic E-state index is -0.0561. The minimum Gasteiger partial charge on any atom is -0.489 e. The summed E-state index contributed by atoms with van der Waals surface area (Å²) in [6, 6.07) is 17.6. The third kappa shape index (κ3) is 5.68. The first-order chi connectivity index (χ1) is 13.6. The largest absolute Gasteiger partial charge is 0.489 e. The molecule has 0 fully saturated rings. The van der Waals surface area contributed by atoms with Crippen molar-refractivity contribution in [3.8, 4) is 5.75 Å². The summed E-state index contributed by atoms with van der Waals surface area (Å²) in [6.07, 6.45) is 5.40. The lowest BCUT2D eigenvalue weighted by atomic mass is 10.0. The van der Waals surface area contributed by atoms with Gasteiger partial charge < -0.3 is 10.1 Å². The van der Waals surface area contributed by atoms with Crippen molar-refractivity contribution >= 4 is 5.91 Å². The Morgan fingerprint density at radius 2 is 1.89 bits per heavy atom. The van der Waals surface area contributed by atoms with Crippen LogP contribution in [0.15, 0.2) is 67.0 Å². The molecule has 0 unspecified atom stereocenters. The lowest BCUT2D eigenvalue weighted by Gasteiger charge is -2.09. The van der Waals surface area contributed by atoms with Gasteiger partial charge in [-0.15, -0.1) is 0 Å². The van der Waals surface area contributed by atoms with Crippen LogP contribution in [0.1, 0.15) is 39.0 Å². The Kier molecular flexibility index (Phi) is 6.79. The van der Waals surface area contributed by atoms with E-state index in [1.54, 1.807) is 24.5 Å². The van der Waals surface area contributed by atoms with Crippen molar-refractivity contribution in [3.05, 3.63) is 94.8 Å². The predicted molar refractivity (Wildman–Crippen MR) is 112 cm³/mol. The predicted octanol–water partition coefficient (Wildman–Crippen LogP) is 4.64. The summed E-state index contributed by atoms with van der Waals surface area (Å²) in [7, 11) is 0. The van der Waals surface area contributed by atoms with Gasteiger partial charge in [0.1, 0.15) is 12.4 Å². The van der Waals surface area contributed by atoms with Gasteiger partial charge >= 0.3 is 0 Å². The van der Waals surface area contributed by atoms with Crippen molar-refractivity contribution in [3.63, 3.8) is 0 Å². The SMILES string of the molecule is Cc1ccc(CCCNC(=O)c2ccc(OCc3cccnc3)cc2)c(C)c1. The van der Waals surface area contributed by atoms with Gasteiger partial charge in [0.15, 0.2) is 0 Å². The van der Waals surface area contributed by atoms with Gasteiger partial charge in [-0.05, 0) is 68.1 Å². The monoisotopic (exact) mass is 374 g/mol. The Bertz CT molecular complexity index is 906. The molecule has 4 nitrogen and oxygen atoms in total. The molecule has 1 aromatic heterocycles. The van der Waals surface area contributed by atoms with Crippen molar-refractivity contribution in [2.75, 3.05) is 6.54 Å². The van der Waals surface area contributed by atoms with Crippen LogP contribution in [0.2, 0.25) is 0 Å². The van der Waals surface area contributed by atoms with E-state index in [-0.39, 0.29) is 5.91 Å². The van der Waals surface area contributed by atoms with Crippen LogP contribution in [-0.4, -0.2) is 17.4 Å². The molecule has 0 atom stereocenters. The number of benzene rings is 2. The summed E-state index contributed by atoms with van der Waals surface area (Å²) in [5, 5.41) is 2.99. The topological polar surface area (TPSA) is 51.2 Å². The smallest absolute Gasteiger partial charge is 0.251 e. The first-order valence-electron chi connectivity index (χ1n) is 9.58. The zero-order chi connectivity index (χ0) is 19.8. The molecular weight excluding hydrogens is 348 g/mol. The van der Waals surface area contributed by atoms with Crippen molar-refractivity contribution in [2.45, 2.75) is 33.3 Å². The Morgan fingerprint density at radius 1 is 1.07 bits per heavy atom. The highest BCUT2D eigenvalue weighted by molar-refractivity contribution is 5.94. The van der Waals surface area contributed by atoms with E-state index < -0.39 is 0 Å². The number of nitrogens with zero attached hydrogens (tertiary/aromatic N) is 1. The number of hydrogen-bond acceptors (Lipinski definition) is 3. The van der Waals surface area contributed by atoms with Crippen molar-refractivity contribution in [1.82, 2.24) is 10.3 Å². The molecule has 0 saturated carbocycles. The maximum Gasteiger partial charge on any atom is 0.251 e. The molecule has 0 saturated heterocycles. The number of hydrogen-bond donors (Lipinski definition) is 1. The highest BCUT2D eigenvalue weighted by atomic mass is 16.5. The molecule has 1 heterocycles. The molecule has 144 valence electrons. The number of amides is 1. The number of carbonyl (C=O) groups excluding carboxylic acids is 1. The summed E-state index contributed by atoms with van der Waals surface area (Å²) < 4.78 is 5.72. The third-order valence-corrected chi connectivity index (χ3v) is 4.65. The molecule has 0 bridgehead atoms. The van der Waals surface area contributed by atoms with Crippen LogP contribution < -0.4 is 10.1 Å². The Labute approximate surface area is 166 Å². The van der Waals surface area contributed by atoms with Crippen LogP contribution >= 0.6 is 0 Å². The Morgan fingerprint density at radius 3 is 2.61 bits per heavy atom. The molecule has 0 spiro atoms. The van der Waals surface area contributed by atoms with Crippen molar-refractivity contribution in [1.29, 1.82) is 0 Å². The quantitative estimate of drug-likeness (QED) is 0.585. The third-order valence-electron chi connectivity index (χ3n) is 4.65. The molecule has 0 aliphatic carbocycles. The van der Waals surface area contributed by atoms with E-state index >= 15 is 0 Å². The molecule has 0 aliphatic heterocycles. The average Bonchev–Trinajstić information content (AvgIpc) is 2.72. The minimum absolute atomic E-state index is 0.0561. The van der Waals surface area contributed by atoms with Gasteiger partial charge in [0.2, 0.25) is 0 Å². The fourth-order valence-corrected chi connectivity index (χ4v) is 3.06. The van der Waals surface area contributed by atoms with Crippen LogP contribution in [0.4, 0.5) is 0 Å². The van der Waals surface area contributed by atoms with Gasteiger partial charge in [-0.1, -0.05) is 29.8 Å². The summed E-state index contributed by atoms with van der Waals surface area (Å²) in [5.74, 6) is 0.676. The van der Waals surface area contributed by atoms with Crippen LogP contribution in [0.25, 0.3) is 0 Å². The number of ether oxygens (including phenoxy) is 1. The summed E-state index contributed by atoms with van der Waals surface area (Å²) in [5.41, 5.74) is 5.58. The van der Waals surface area contributed by atoms with Gasteiger partial charge in [0.25, 0.3) is 5.91 Å². The maximum absolute atomic E-state index is 12.3. The van der Waals surface area contributed by atoms with Crippen LogP contribution in [-0.2, 0) is 13.0 Å². The molecule has 0 aliphatic rings. The molecule has 28 heavy (non-hydrogen) atoms. The van der Waals surface area contributed by atoms with Crippen LogP contribution in [0.3, 0.4) is 0 Å². The molecule has 4 heteroatoms. The number of aryl methyl sites for hydroxylation is 3. The number of nitrogens with one attached hydrogen (secondary N) is 1. The molecule has 1 amide bonds. The van der Waals surface area contributed by atoms with Gasteiger partial charge in [0.05, 0.1) is 0 Å². The molecular formula is C24H26N2O2. The Hall–Kier alpha value is -3.14. The number of carbonyl (C=O) groups is 1. The highest BCUT2D eigenvalue weighted by Crippen LogP contribution is 2.15. The standard InChI is InChI=1S/C24H26N2O2/c1-18-7-8-21(19(2)15-18)6-4-14-26-24(27)22-9-11-23(12-10-22)28-17-20-5-3-13-25-16-20/h3,5,7-13,15-16H,4,6,14,17H2,1-2H3,(H,26,27). The van der Waals surface area contributed by atoms with Crippen molar-refractivity contribution < 1.29 is 9.53 Å². The fraction of sp³-hybridized carbons (Fsp3) is 0.250. The second-order valence-electron chi connectivity index (χ2n) is 6.96. The lowest BCUT2D eigenvalue weighted by Crippen LogP contribution is -2.24. The second-order valence-corrected chi connectivity index (χ2v) is 6.96. The van der Waals surface area contributed by atoms with E-state index in [0.717, 1.165) is 24.2 Å².